The third kappa shape index (κ3) is 9.36. The van der Waals surface area contributed by atoms with Crippen LogP contribution < -0.4 is 16.4 Å². The second kappa shape index (κ2) is 10.1. The first-order valence-electron chi connectivity index (χ1n) is 6.51. The van der Waals surface area contributed by atoms with E-state index in [9.17, 15) is 18.0 Å². The van der Waals surface area contributed by atoms with E-state index >= 15 is 0 Å². The topological polar surface area (TPSA) is 80.0 Å². The van der Waals surface area contributed by atoms with Gasteiger partial charge in [0.15, 0.2) is 0 Å². The molecule has 0 bridgehead atoms. The average Bonchev–Trinajstić information content (AvgIpc) is 2.36. The number of anilines is 1. The zero-order valence-corrected chi connectivity index (χ0v) is 15.4. The van der Waals surface area contributed by atoms with Crippen LogP contribution in [0.3, 0.4) is 0 Å². The smallest absolute Gasteiger partial charge is 0.368 e. The summed E-state index contributed by atoms with van der Waals surface area (Å²) in [5, 5.41) is 5.21. The Hall–Kier alpha value is -0.960. The van der Waals surface area contributed by atoms with Gasteiger partial charge in [0.1, 0.15) is 5.82 Å². The maximum absolute atomic E-state index is 12.5. The van der Waals surface area contributed by atoms with Crippen LogP contribution in [0.4, 0.5) is 19.0 Å². The lowest BCUT2D eigenvalue weighted by molar-refractivity contribution is -0.137. The predicted molar refractivity (Wildman–Crippen MR) is 93.1 cm³/mol. The summed E-state index contributed by atoms with van der Waals surface area (Å²) in [5.74, 6) is -0.129. The van der Waals surface area contributed by atoms with E-state index in [0.29, 0.717) is 12.7 Å². The fourth-order valence-electron chi connectivity index (χ4n) is 1.43. The average molecular weight is 412 g/mol. The van der Waals surface area contributed by atoms with Crippen molar-refractivity contribution in [3.05, 3.63) is 22.8 Å². The Morgan fingerprint density at radius 2 is 1.92 bits per heavy atom. The van der Waals surface area contributed by atoms with Crippen LogP contribution >= 0.6 is 36.4 Å². The number of amides is 1. The van der Waals surface area contributed by atoms with Crippen LogP contribution in [0.5, 0.6) is 0 Å². The first kappa shape index (κ1) is 25.3. The highest BCUT2D eigenvalue weighted by Crippen LogP contribution is 2.32. The monoisotopic (exact) mass is 410 g/mol. The molecule has 1 aromatic rings. The van der Waals surface area contributed by atoms with E-state index in [1.54, 1.807) is 13.8 Å². The summed E-state index contributed by atoms with van der Waals surface area (Å²) in [5.41, 5.74) is 4.29. The molecule has 0 saturated heterocycles. The molecule has 0 spiro atoms. The van der Waals surface area contributed by atoms with Crippen molar-refractivity contribution in [2.24, 2.45) is 5.73 Å². The number of nitrogens with zero attached hydrogens (tertiary/aromatic N) is 1. The Morgan fingerprint density at radius 1 is 1.33 bits per heavy atom. The van der Waals surface area contributed by atoms with Crippen LogP contribution in [-0.4, -0.2) is 29.5 Å². The van der Waals surface area contributed by atoms with Crippen LogP contribution in [0.2, 0.25) is 5.02 Å². The molecule has 0 aromatic carbocycles. The number of carbonyl (C=O) groups is 1. The molecule has 1 aromatic heterocycles. The molecule has 0 unspecified atom stereocenters. The lowest BCUT2D eigenvalue weighted by Gasteiger charge is -2.19. The predicted octanol–water partition coefficient (Wildman–Crippen LogP) is 3.25. The van der Waals surface area contributed by atoms with Crippen molar-refractivity contribution in [2.45, 2.75) is 32.0 Å². The number of halogens is 6. The zero-order valence-electron chi connectivity index (χ0n) is 13.0. The van der Waals surface area contributed by atoms with Crippen LogP contribution in [0.15, 0.2) is 12.3 Å². The molecule has 0 saturated carbocycles. The maximum atomic E-state index is 12.5. The van der Waals surface area contributed by atoms with Crippen LogP contribution in [-0.2, 0) is 11.0 Å². The largest absolute Gasteiger partial charge is 0.417 e. The maximum Gasteiger partial charge on any atom is 0.417 e. The van der Waals surface area contributed by atoms with Crippen LogP contribution in [0, 0.1) is 0 Å². The SMILES string of the molecule is CC(C)(N)CNC(=O)CCNc1ncc(C(F)(F)F)cc1Cl.Cl.Cl. The van der Waals surface area contributed by atoms with E-state index in [1.807, 2.05) is 0 Å². The van der Waals surface area contributed by atoms with Gasteiger partial charge in [0.2, 0.25) is 5.91 Å². The molecule has 0 aliphatic heterocycles. The zero-order chi connectivity index (χ0) is 17.0. The van der Waals surface area contributed by atoms with Crippen molar-refractivity contribution in [1.29, 1.82) is 0 Å². The number of aromatic nitrogens is 1. The summed E-state index contributed by atoms with van der Waals surface area (Å²) in [6.07, 6.45) is -3.69. The quantitative estimate of drug-likeness (QED) is 0.671. The second-order valence-corrected chi connectivity index (χ2v) is 5.90. The van der Waals surface area contributed by atoms with Crippen LogP contribution in [0.1, 0.15) is 25.8 Å². The lowest BCUT2D eigenvalue weighted by atomic mass is 10.1. The molecule has 0 fully saturated rings. The third-order valence-electron chi connectivity index (χ3n) is 2.55. The van der Waals surface area contributed by atoms with Gasteiger partial charge in [-0.3, -0.25) is 4.79 Å². The third-order valence-corrected chi connectivity index (χ3v) is 2.84. The van der Waals surface area contributed by atoms with E-state index in [4.69, 9.17) is 17.3 Å². The molecule has 1 heterocycles. The van der Waals surface area contributed by atoms with Crippen molar-refractivity contribution in [2.75, 3.05) is 18.4 Å². The molecule has 5 nitrogen and oxygen atoms in total. The van der Waals surface area contributed by atoms with Gasteiger partial charge >= 0.3 is 6.18 Å². The van der Waals surface area contributed by atoms with Gasteiger partial charge in [-0.15, -0.1) is 24.8 Å². The summed E-state index contributed by atoms with van der Waals surface area (Å²) in [6, 6.07) is 0.786. The summed E-state index contributed by atoms with van der Waals surface area (Å²) < 4.78 is 37.4. The van der Waals surface area contributed by atoms with Gasteiger partial charge < -0.3 is 16.4 Å². The molecular weight excluding hydrogens is 392 g/mol. The fourth-order valence-corrected chi connectivity index (χ4v) is 1.67. The highest BCUT2D eigenvalue weighted by atomic mass is 35.5. The minimum Gasteiger partial charge on any atom is -0.368 e. The summed E-state index contributed by atoms with van der Waals surface area (Å²) in [7, 11) is 0. The van der Waals surface area contributed by atoms with E-state index in [1.165, 1.54) is 0 Å². The number of carbonyl (C=O) groups excluding carboxylic acids is 1. The molecule has 11 heteroatoms. The molecule has 140 valence electrons. The number of alkyl halides is 3. The standard InChI is InChI=1S/C13H18ClF3N4O.2ClH/c1-12(2,18)7-21-10(22)3-4-19-11-9(14)5-8(6-20-11)13(15,16)17;;/h5-6H,3-4,7,18H2,1-2H3,(H,19,20)(H,21,22);2*1H. The minimum atomic E-state index is -4.50. The molecule has 1 rings (SSSR count). The van der Waals surface area contributed by atoms with Gasteiger partial charge in [-0.25, -0.2) is 4.98 Å². The number of nitrogens with one attached hydrogen (secondary N) is 2. The normalized spacial score (nSPS) is 11.1. The van der Waals surface area contributed by atoms with Gasteiger partial charge in [0, 0.05) is 31.2 Å². The van der Waals surface area contributed by atoms with Gasteiger partial charge in [-0.05, 0) is 19.9 Å². The molecule has 4 N–H and O–H groups in total. The highest BCUT2D eigenvalue weighted by molar-refractivity contribution is 6.32. The van der Waals surface area contributed by atoms with Gasteiger partial charge in [-0.2, -0.15) is 13.2 Å². The molecule has 1 amide bonds. The number of pyridine rings is 1. The Bertz CT molecular complexity index is 536. The van der Waals surface area contributed by atoms with E-state index in [0.717, 1.165) is 6.07 Å². The number of hydrogen-bond donors (Lipinski definition) is 3. The number of hydrogen-bond acceptors (Lipinski definition) is 4. The van der Waals surface area contributed by atoms with Crippen molar-refractivity contribution < 1.29 is 18.0 Å². The number of nitrogens with two attached hydrogens (primary N) is 1. The Kier molecular flexibility index (Phi) is 10.7. The molecule has 0 radical (unpaired) electrons. The highest BCUT2D eigenvalue weighted by Gasteiger charge is 2.31. The first-order chi connectivity index (χ1) is 9.99. The van der Waals surface area contributed by atoms with E-state index in [2.05, 4.69) is 15.6 Å². The van der Waals surface area contributed by atoms with Crippen molar-refractivity contribution in [3.63, 3.8) is 0 Å². The second-order valence-electron chi connectivity index (χ2n) is 5.49. The Labute approximate surface area is 155 Å². The summed E-state index contributed by atoms with van der Waals surface area (Å²) in [6.45, 7) is 4.06. The van der Waals surface area contributed by atoms with E-state index < -0.39 is 17.3 Å². The van der Waals surface area contributed by atoms with Crippen molar-refractivity contribution in [1.82, 2.24) is 10.3 Å². The fraction of sp³-hybridized carbons (Fsp3) is 0.538. The molecule has 0 aliphatic carbocycles. The molecule has 24 heavy (non-hydrogen) atoms. The van der Waals surface area contributed by atoms with Crippen molar-refractivity contribution >= 4 is 48.1 Å². The van der Waals surface area contributed by atoms with Crippen molar-refractivity contribution in [3.8, 4) is 0 Å². The Balaban J connectivity index is 0. The molecule has 0 aliphatic rings. The summed E-state index contributed by atoms with van der Waals surface area (Å²) >= 11 is 5.73. The lowest BCUT2D eigenvalue weighted by Crippen LogP contribution is -2.45. The number of rotatable bonds is 6. The molecular formula is C13H20Cl3F3N4O. The van der Waals surface area contributed by atoms with Gasteiger partial charge in [-0.1, -0.05) is 11.6 Å². The van der Waals surface area contributed by atoms with Crippen LogP contribution in [0.25, 0.3) is 0 Å². The van der Waals surface area contributed by atoms with E-state index in [-0.39, 0.29) is 54.5 Å². The first-order valence-corrected chi connectivity index (χ1v) is 6.89. The minimum absolute atomic E-state index is 0. The Morgan fingerprint density at radius 3 is 2.38 bits per heavy atom. The molecule has 0 atom stereocenters. The van der Waals surface area contributed by atoms with Gasteiger partial charge in [0.05, 0.1) is 10.6 Å². The van der Waals surface area contributed by atoms with Gasteiger partial charge in [0.25, 0.3) is 0 Å². The summed E-state index contributed by atoms with van der Waals surface area (Å²) in [4.78, 5) is 15.2.